The van der Waals surface area contributed by atoms with E-state index in [0.29, 0.717) is 5.69 Å². The van der Waals surface area contributed by atoms with Crippen LogP contribution in [0.25, 0.3) is 0 Å². The summed E-state index contributed by atoms with van der Waals surface area (Å²) in [5, 5.41) is 11.3. The number of carbonyl (C=O) groups is 2. The van der Waals surface area contributed by atoms with E-state index in [-0.39, 0.29) is 16.1 Å². The number of carboxylic acid groups (broad SMARTS) is 1. The van der Waals surface area contributed by atoms with Crippen LogP contribution < -0.4 is 10.0 Å². The Labute approximate surface area is 137 Å². The van der Waals surface area contributed by atoms with Gasteiger partial charge in [-0.1, -0.05) is 0 Å². The Bertz CT molecular complexity index is 864. The van der Waals surface area contributed by atoms with Crippen LogP contribution in [0.5, 0.6) is 0 Å². The molecule has 0 fully saturated rings. The molecule has 10 heteroatoms. The van der Waals surface area contributed by atoms with Crippen LogP contribution in [0.2, 0.25) is 0 Å². The molecule has 24 heavy (non-hydrogen) atoms. The SMILES string of the molecule is COC(=O)Nc1ccc(S(=O)(=O)Nc2cncc(C(=O)O)c2)cc1. The van der Waals surface area contributed by atoms with Crippen molar-refractivity contribution in [3.63, 3.8) is 0 Å². The van der Waals surface area contributed by atoms with Crippen LogP contribution in [0, 0.1) is 0 Å². The van der Waals surface area contributed by atoms with Gasteiger partial charge in [0.1, 0.15) is 0 Å². The van der Waals surface area contributed by atoms with E-state index >= 15 is 0 Å². The number of aromatic nitrogens is 1. The highest BCUT2D eigenvalue weighted by Crippen LogP contribution is 2.18. The van der Waals surface area contributed by atoms with Crippen molar-refractivity contribution in [3.05, 3.63) is 48.3 Å². The number of carbonyl (C=O) groups excluding carboxylic acids is 1. The topological polar surface area (TPSA) is 135 Å². The minimum atomic E-state index is -3.93. The predicted molar refractivity (Wildman–Crippen MR) is 84.5 cm³/mol. The van der Waals surface area contributed by atoms with E-state index in [0.717, 1.165) is 12.3 Å². The van der Waals surface area contributed by atoms with E-state index in [9.17, 15) is 18.0 Å². The number of benzene rings is 1. The summed E-state index contributed by atoms with van der Waals surface area (Å²) in [4.78, 5) is 25.5. The Hall–Kier alpha value is -3.14. The molecule has 1 aromatic carbocycles. The number of carboxylic acids is 1. The van der Waals surface area contributed by atoms with Crippen molar-refractivity contribution in [2.75, 3.05) is 17.1 Å². The number of nitrogens with zero attached hydrogens (tertiary/aromatic N) is 1. The van der Waals surface area contributed by atoms with Gasteiger partial charge in [-0.3, -0.25) is 15.0 Å². The normalized spacial score (nSPS) is 10.7. The number of methoxy groups -OCH3 is 1. The maximum absolute atomic E-state index is 12.3. The molecule has 0 unspecified atom stereocenters. The van der Waals surface area contributed by atoms with Gasteiger partial charge in [0, 0.05) is 11.9 Å². The van der Waals surface area contributed by atoms with Crippen LogP contribution in [0.15, 0.2) is 47.6 Å². The summed E-state index contributed by atoms with van der Waals surface area (Å²) < 4.78 is 31.2. The molecule has 9 nitrogen and oxygen atoms in total. The van der Waals surface area contributed by atoms with Gasteiger partial charge >= 0.3 is 12.1 Å². The van der Waals surface area contributed by atoms with Gasteiger partial charge in [0.05, 0.1) is 29.5 Å². The van der Waals surface area contributed by atoms with Crippen LogP contribution in [0.1, 0.15) is 10.4 Å². The molecule has 1 heterocycles. The highest BCUT2D eigenvalue weighted by Gasteiger charge is 2.15. The van der Waals surface area contributed by atoms with Crippen molar-refractivity contribution in [1.29, 1.82) is 0 Å². The number of nitrogens with one attached hydrogen (secondary N) is 2. The van der Waals surface area contributed by atoms with Crippen molar-refractivity contribution in [2.45, 2.75) is 4.90 Å². The molecule has 0 spiro atoms. The van der Waals surface area contributed by atoms with Crippen molar-refractivity contribution in [2.24, 2.45) is 0 Å². The second kappa shape index (κ2) is 6.96. The van der Waals surface area contributed by atoms with E-state index < -0.39 is 22.1 Å². The average Bonchev–Trinajstić information content (AvgIpc) is 2.55. The van der Waals surface area contributed by atoms with Crippen molar-refractivity contribution < 1.29 is 27.9 Å². The molecule has 1 amide bonds. The first-order valence-electron chi connectivity index (χ1n) is 6.48. The number of rotatable bonds is 5. The Morgan fingerprint density at radius 2 is 1.79 bits per heavy atom. The number of hydrogen-bond acceptors (Lipinski definition) is 6. The van der Waals surface area contributed by atoms with Crippen molar-refractivity contribution >= 4 is 33.5 Å². The Morgan fingerprint density at radius 1 is 1.12 bits per heavy atom. The van der Waals surface area contributed by atoms with Gasteiger partial charge in [-0.25, -0.2) is 18.0 Å². The number of amides is 1. The molecule has 0 saturated carbocycles. The van der Waals surface area contributed by atoms with Crippen LogP contribution in [0.4, 0.5) is 16.2 Å². The largest absolute Gasteiger partial charge is 0.478 e. The fraction of sp³-hybridized carbons (Fsp3) is 0.0714. The lowest BCUT2D eigenvalue weighted by Gasteiger charge is -2.09. The maximum Gasteiger partial charge on any atom is 0.411 e. The van der Waals surface area contributed by atoms with Crippen LogP contribution in [0.3, 0.4) is 0 Å². The molecule has 0 saturated heterocycles. The lowest BCUT2D eigenvalue weighted by atomic mass is 10.3. The quantitative estimate of drug-likeness (QED) is 0.747. The Balaban J connectivity index is 2.19. The van der Waals surface area contributed by atoms with Crippen molar-refractivity contribution in [1.82, 2.24) is 4.98 Å². The number of hydrogen-bond donors (Lipinski definition) is 3. The molecule has 2 rings (SSSR count). The number of pyridine rings is 1. The second-order valence-corrected chi connectivity index (χ2v) is 6.20. The number of anilines is 2. The molecular formula is C14H13N3O6S. The highest BCUT2D eigenvalue weighted by molar-refractivity contribution is 7.92. The minimum absolute atomic E-state index is 0.0201. The van der Waals surface area contributed by atoms with Gasteiger partial charge < -0.3 is 9.84 Å². The standard InChI is InChI=1S/C14H13N3O6S/c1-23-14(20)16-10-2-4-12(5-3-10)24(21,22)17-11-6-9(13(18)19)7-15-8-11/h2-8,17H,1H3,(H,16,20)(H,18,19). The van der Waals surface area contributed by atoms with Gasteiger partial charge in [0.25, 0.3) is 10.0 Å². The summed E-state index contributed by atoms with van der Waals surface area (Å²) >= 11 is 0. The number of ether oxygens (including phenoxy) is 1. The summed E-state index contributed by atoms with van der Waals surface area (Å²) in [5.41, 5.74) is 0.231. The molecule has 0 aliphatic carbocycles. The molecule has 126 valence electrons. The van der Waals surface area contributed by atoms with Gasteiger partial charge in [-0.15, -0.1) is 0 Å². The molecule has 0 aliphatic rings. The lowest BCUT2D eigenvalue weighted by molar-refractivity contribution is 0.0696. The smallest absolute Gasteiger partial charge is 0.411 e. The Morgan fingerprint density at radius 3 is 2.38 bits per heavy atom. The van der Waals surface area contributed by atoms with Gasteiger partial charge in [-0.05, 0) is 30.3 Å². The molecule has 0 atom stereocenters. The molecule has 0 aliphatic heterocycles. The maximum atomic E-state index is 12.3. The molecule has 0 radical (unpaired) electrons. The monoisotopic (exact) mass is 351 g/mol. The van der Waals surface area contributed by atoms with Crippen LogP contribution >= 0.6 is 0 Å². The van der Waals surface area contributed by atoms with E-state index in [4.69, 9.17) is 5.11 Å². The van der Waals surface area contributed by atoms with Crippen LogP contribution in [-0.4, -0.2) is 37.7 Å². The average molecular weight is 351 g/mol. The Kier molecular flexibility index (Phi) is 4.99. The zero-order chi connectivity index (χ0) is 17.7. The van der Waals surface area contributed by atoms with Crippen molar-refractivity contribution in [3.8, 4) is 0 Å². The fourth-order valence-electron chi connectivity index (χ4n) is 1.71. The minimum Gasteiger partial charge on any atom is -0.478 e. The summed E-state index contributed by atoms with van der Waals surface area (Å²) in [7, 11) is -2.73. The third-order valence-corrected chi connectivity index (χ3v) is 4.23. The number of sulfonamides is 1. The summed E-state index contributed by atoms with van der Waals surface area (Å²) in [6.07, 6.45) is 1.62. The zero-order valence-electron chi connectivity index (χ0n) is 12.4. The first-order chi connectivity index (χ1) is 11.3. The van der Waals surface area contributed by atoms with Gasteiger partial charge in [-0.2, -0.15) is 0 Å². The predicted octanol–water partition coefficient (Wildman–Crippen LogP) is 1.76. The third kappa shape index (κ3) is 4.20. The van der Waals surface area contributed by atoms with E-state index in [1.807, 2.05) is 0 Å². The summed E-state index contributed by atoms with van der Waals surface area (Å²) in [6.45, 7) is 0. The fourth-order valence-corrected chi connectivity index (χ4v) is 2.75. The first-order valence-corrected chi connectivity index (χ1v) is 7.96. The second-order valence-electron chi connectivity index (χ2n) is 4.51. The van der Waals surface area contributed by atoms with E-state index in [1.54, 1.807) is 0 Å². The molecular weight excluding hydrogens is 338 g/mol. The van der Waals surface area contributed by atoms with Gasteiger partial charge in [0.15, 0.2) is 0 Å². The van der Waals surface area contributed by atoms with Crippen LogP contribution in [-0.2, 0) is 14.8 Å². The first kappa shape index (κ1) is 17.2. The molecule has 2 aromatic rings. The highest BCUT2D eigenvalue weighted by atomic mass is 32.2. The van der Waals surface area contributed by atoms with Gasteiger partial charge in [0.2, 0.25) is 0 Å². The van der Waals surface area contributed by atoms with E-state index in [1.165, 1.54) is 37.6 Å². The summed E-state index contributed by atoms with van der Waals surface area (Å²) in [6, 6.07) is 6.49. The molecule has 0 bridgehead atoms. The number of aromatic carboxylic acids is 1. The summed E-state index contributed by atoms with van der Waals surface area (Å²) in [5.74, 6) is -1.22. The zero-order valence-corrected chi connectivity index (χ0v) is 13.2. The molecule has 1 aromatic heterocycles. The lowest BCUT2D eigenvalue weighted by Crippen LogP contribution is -2.14. The third-order valence-electron chi connectivity index (χ3n) is 2.83. The molecule has 3 N–H and O–H groups in total. The van der Waals surface area contributed by atoms with E-state index in [2.05, 4.69) is 19.8 Å².